The van der Waals surface area contributed by atoms with E-state index in [9.17, 15) is 0 Å². The third-order valence-electron chi connectivity index (χ3n) is 0. The molecule has 0 aromatic heterocycles. The molecule has 66 valence electrons. The van der Waals surface area contributed by atoms with Crippen LogP contribution in [0.25, 0.3) is 0 Å². The molecule has 0 bridgehead atoms. The molecule has 11 heteroatoms. The van der Waals surface area contributed by atoms with Crippen molar-refractivity contribution in [1.29, 1.82) is 31.6 Å². The van der Waals surface area contributed by atoms with E-state index in [1.165, 1.54) is 0 Å². The molecule has 0 N–H and O–H groups in total. The van der Waals surface area contributed by atoms with Crippen molar-refractivity contribution in [1.82, 2.24) is 0 Å². The van der Waals surface area contributed by atoms with Gasteiger partial charge in [0.15, 0.2) is 0 Å². The second-order valence-corrected chi connectivity index (χ2v) is 0. The van der Waals surface area contributed by atoms with Gasteiger partial charge in [-0.25, -0.2) is 0 Å². The van der Waals surface area contributed by atoms with Gasteiger partial charge in [0.25, 0.3) is 0 Å². The summed E-state index contributed by atoms with van der Waals surface area (Å²) in [6.45, 7) is 28.5. The first-order valence-corrected chi connectivity index (χ1v) is 1.34. The molecule has 0 atom stereocenters. The van der Waals surface area contributed by atoms with Gasteiger partial charge in [-0.05, 0) is 0 Å². The monoisotopic (exact) mass is 368 g/mol. The molecule has 0 saturated heterocycles. The summed E-state index contributed by atoms with van der Waals surface area (Å²) in [6, 6.07) is 0. The minimum Gasteiger partial charge on any atom is -0.512 e. The maximum absolute atomic E-state index is 6.25. The molecule has 0 aliphatic rings. The van der Waals surface area contributed by atoms with Crippen LogP contribution in [-0.4, -0.2) is 206 Å². The predicted octanol–water partition coefficient (Wildman–Crippen LogP) is -0.947. The Labute approximate surface area is 284 Å². The molecule has 0 aromatic rings. The Hall–Kier alpha value is 4.00. The summed E-state index contributed by atoms with van der Waals surface area (Å²) in [5.74, 6) is 0. The standard InChI is InChI=1S/6CN.Fe.4K/c6*1-2;;;;;/q6*-1;+6;;;;. The molecule has 6 nitrogen and oxygen atoms in total. The third kappa shape index (κ3) is 404. The molecule has 0 aromatic carbocycles. The van der Waals surface area contributed by atoms with Crippen LogP contribution in [0, 0.1) is 71.0 Å². The maximum atomic E-state index is 6.25. The molecule has 0 fully saturated rings. The fourth-order valence-electron chi connectivity index (χ4n) is 0. The Kier molecular flexibility index (Phi) is 2230. The minimum absolute atomic E-state index is 0. The first kappa shape index (κ1) is 84.0. The predicted molar refractivity (Wildman–Crippen MR) is 52.8 cm³/mol. The van der Waals surface area contributed by atoms with Gasteiger partial charge in [-0.15, -0.1) is 0 Å². The van der Waals surface area contributed by atoms with Crippen LogP contribution in [0.15, 0.2) is 0 Å². The topological polar surface area (TPSA) is 143 Å². The average Bonchev–Trinajstić information content (AvgIpc) is 2.33. The van der Waals surface area contributed by atoms with Gasteiger partial charge in [0.1, 0.15) is 0 Å². The van der Waals surface area contributed by atoms with E-state index in [-0.39, 0.29) is 223 Å². The molecule has 0 aliphatic heterocycles. The molecule has 0 saturated carbocycles. The second kappa shape index (κ2) is 450. The van der Waals surface area contributed by atoms with Gasteiger partial charge in [-0.1, -0.05) is 0 Å². The molecular weight excluding hydrogens is 368 g/mol. The zero-order valence-corrected chi connectivity index (χ0v) is 23.6. The Balaban J connectivity index is -0.00000000267. The summed E-state index contributed by atoms with van der Waals surface area (Å²) in [4.78, 5) is 0. The smallest absolute Gasteiger partial charge is 0.512 e. The number of nitrogens with zero attached hydrogens (tertiary/aromatic N) is 6. The fourth-order valence-corrected chi connectivity index (χ4v) is 0. The molecule has 0 aliphatic carbocycles. The SMILES string of the molecule is [C-]#N.[C-]#N.[C-]#N.[C-]#N.[C-]#N.[C-]#N.[Fe+6].[K].[K].[K].[K]. The van der Waals surface area contributed by atoms with Gasteiger partial charge in [0.05, 0.1) is 0 Å². The second-order valence-electron chi connectivity index (χ2n) is 0. The first-order valence-electron chi connectivity index (χ1n) is 1.34. The Morgan fingerprint density at radius 3 is 0.294 bits per heavy atom. The molecule has 0 unspecified atom stereocenters. The molecule has 4 radical (unpaired) electrons. The van der Waals surface area contributed by atoms with Crippen LogP contribution in [0.5, 0.6) is 0 Å². The van der Waals surface area contributed by atoms with Crippen molar-refractivity contribution in [2.45, 2.75) is 0 Å². The Morgan fingerprint density at radius 2 is 0.294 bits per heavy atom. The van der Waals surface area contributed by atoms with Crippen LogP contribution >= 0.6 is 0 Å². The summed E-state index contributed by atoms with van der Waals surface area (Å²) in [5, 5.41) is 37.5. The number of hydrogen-bond donors (Lipinski definition) is 0. The van der Waals surface area contributed by atoms with E-state index >= 15 is 0 Å². The van der Waals surface area contributed by atoms with Gasteiger partial charge in [-0.3, -0.25) is 0 Å². The molecule has 0 rings (SSSR count). The van der Waals surface area contributed by atoms with Gasteiger partial charge in [0.2, 0.25) is 0 Å². The van der Waals surface area contributed by atoms with Crippen LogP contribution in [0.1, 0.15) is 0 Å². The van der Waals surface area contributed by atoms with Crippen LogP contribution in [0.3, 0.4) is 0 Å². The molecule has 0 spiro atoms. The number of rotatable bonds is 0. The van der Waals surface area contributed by atoms with Crippen molar-refractivity contribution < 1.29 is 17.1 Å². The van der Waals surface area contributed by atoms with Crippen molar-refractivity contribution in [3.05, 3.63) is 39.4 Å². The number of hydrogen-bond acceptors (Lipinski definition) is 6. The summed E-state index contributed by atoms with van der Waals surface area (Å²) in [7, 11) is 0. The zero-order valence-electron chi connectivity index (χ0n) is 10.0. The van der Waals surface area contributed by atoms with E-state index in [0.717, 1.165) is 0 Å². The van der Waals surface area contributed by atoms with Gasteiger partial charge < -0.3 is 71.0 Å². The van der Waals surface area contributed by atoms with E-state index < -0.39 is 0 Å². The molecule has 0 heterocycles. The summed E-state index contributed by atoms with van der Waals surface area (Å²) >= 11 is 0. The van der Waals surface area contributed by atoms with E-state index in [1.54, 1.807) is 0 Å². The largest absolute Gasteiger partial charge is 6.00 e. The first-order chi connectivity index (χ1) is 6.00. The average molecular weight is 368 g/mol. The molecule has 17 heavy (non-hydrogen) atoms. The van der Waals surface area contributed by atoms with Crippen molar-refractivity contribution in [3.63, 3.8) is 0 Å². The maximum Gasteiger partial charge on any atom is 6.00 e. The van der Waals surface area contributed by atoms with Gasteiger partial charge >= 0.3 is 17.1 Å². The zero-order chi connectivity index (χ0) is 12.0. The third-order valence-corrected chi connectivity index (χ3v) is 0. The van der Waals surface area contributed by atoms with Crippen LogP contribution in [-0.2, 0) is 17.1 Å². The molecule has 0 amide bonds. The van der Waals surface area contributed by atoms with Crippen molar-refractivity contribution in [3.8, 4) is 0 Å². The van der Waals surface area contributed by atoms with Crippen LogP contribution < -0.4 is 0 Å². The van der Waals surface area contributed by atoms with Crippen LogP contribution in [0.4, 0.5) is 0 Å². The summed E-state index contributed by atoms with van der Waals surface area (Å²) < 4.78 is 0. The Morgan fingerprint density at radius 1 is 0.294 bits per heavy atom. The van der Waals surface area contributed by atoms with Crippen molar-refractivity contribution in [2.75, 3.05) is 0 Å². The summed E-state index contributed by atoms with van der Waals surface area (Å²) in [6.07, 6.45) is 0. The van der Waals surface area contributed by atoms with Gasteiger partial charge in [-0.2, -0.15) is 0 Å². The minimum atomic E-state index is 0. The normalized spacial score (nSPS) is 0.706. The molecular formula is C6FeK4N6. The fraction of sp³-hybridized carbons (Fsp3) is 0. The summed E-state index contributed by atoms with van der Waals surface area (Å²) in [5.41, 5.74) is 0. The van der Waals surface area contributed by atoms with E-state index in [0.29, 0.717) is 0 Å². The van der Waals surface area contributed by atoms with Crippen molar-refractivity contribution >= 4 is 206 Å². The quantitative estimate of drug-likeness (QED) is 0.398. The Bertz CT molecular complexity index is 106. The van der Waals surface area contributed by atoms with Gasteiger partial charge in [0, 0.05) is 206 Å². The van der Waals surface area contributed by atoms with Crippen molar-refractivity contribution in [2.24, 2.45) is 0 Å². The van der Waals surface area contributed by atoms with E-state index in [1.807, 2.05) is 0 Å². The van der Waals surface area contributed by atoms with E-state index in [2.05, 4.69) is 0 Å². The van der Waals surface area contributed by atoms with E-state index in [4.69, 9.17) is 71.0 Å². The van der Waals surface area contributed by atoms with Crippen LogP contribution in [0.2, 0.25) is 0 Å².